The third-order valence-electron chi connectivity index (χ3n) is 12.2. The number of hydrogen-bond donors (Lipinski definition) is 0. The zero-order valence-corrected chi connectivity index (χ0v) is 38.2. The minimum Gasteiger partial charge on any atom is -0.119 e. The normalized spacial score (nSPS) is 23.2. The maximum Gasteiger partial charge on any atom is 0.0501 e. The van der Waals surface area contributed by atoms with Gasteiger partial charge in [0.15, 0.2) is 0 Å². The van der Waals surface area contributed by atoms with E-state index in [0.29, 0.717) is 33.5 Å². The molecule has 0 aromatic heterocycles. The van der Waals surface area contributed by atoms with E-state index >= 15 is 0 Å². The lowest BCUT2D eigenvalue weighted by molar-refractivity contribution is 0.0405. The topological polar surface area (TPSA) is 0 Å². The van der Waals surface area contributed by atoms with Gasteiger partial charge in [0.25, 0.3) is 0 Å². The molecule has 0 heterocycles. The van der Waals surface area contributed by atoms with E-state index in [4.69, 9.17) is 11.6 Å². The number of hydrogen-bond acceptors (Lipinski definition) is 0. The van der Waals surface area contributed by atoms with Gasteiger partial charge in [0.2, 0.25) is 0 Å². The molecule has 1 aromatic rings. The minimum atomic E-state index is -0.202. The van der Waals surface area contributed by atoms with Crippen molar-refractivity contribution in [3.63, 3.8) is 0 Å². The van der Waals surface area contributed by atoms with Crippen molar-refractivity contribution in [3.05, 3.63) is 34.4 Å². The van der Waals surface area contributed by atoms with Crippen LogP contribution in [0, 0.1) is 52.3 Å². The van der Waals surface area contributed by atoms with Gasteiger partial charge < -0.3 is 0 Å². The highest BCUT2D eigenvalue weighted by Crippen LogP contribution is 2.54. The van der Waals surface area contributed by atoms with E-state index in [0.717, 1.165) is 24.7 Å². The smallest absolute Gasteiger partial charge is 0.0501 e. The van der Waals surface area contributed by atoms with E-state index < -0.39 is 0 Å². The number of halogens is 1. The first kappa shape index (κ1) is 46.5. The standard InChI is InChI=1S/C44H77Cl.2C2H6/c1-30(20-34-24-40(10,11)28-41(12,13)25-34)44(45,31(2)21-35-26-42(14,15)29-43(16,17)27-35)19-18-33-22-36(38(4,5)6)32(3)37(23-33)39(7,8)9;2*1-2/h22-23,30-31,34-35H,18-21,24-29H2,1-17H3;2*1-2H3. The molecule has 0 N–H and O–H groups in total. The van der Waals surface area contributed by atoms with Crippen molar-refractivity contribution in [2.75, 3.05) is 0 Å². The summed E-state index contributed by atoms with van der Waals surface area (Å²) in [5.74, 6) is 2.50. The molecule has 2 aliphatic carbocycles. The highest BCUT2D eigenvalue weighted by Gasteiger charge is 2.46. The second-order valence-electron chi connectivity index (χ2n) is 22.1. The minimum absolute atomic E-state index is 0.125. The molecule has 2 saturated carbocycles. The van der Waals surface area contributed by atoms with Crippen LogP contribution in [-0.2, 0) is 17.3 Å². The van der Waals surface area contributed by atoms with Gasteiger partial charge in [-0.05, 0) is 150 Å². The predicted molar refractivity (Wildman–Crippen MR) is 226 cm³/mol. The lowest BCUT2D eigenvalue weighted by Gasteiger charge is -2.49. The van der Waals surface area contributed by atoms with E-state index in [1.807, 2.05) is 27.7 Å². The number of rotatable bonds is 9. The highest BCUT2D eigenvalue weighted by atomic mass is 35.5. The molecule has 2 fully saturated rings. The van der Waals surface area contributed by atoms with E-state index in [1.165, 1.54) is 73.6 Å². The molecule has 2 unspecified atom stereocenters. The largest absolute Gasteiger partial charge is 0.119 e. The Morgan fingerprint density at radius 3 is 1.16 bits per heavy atom. The molecule has 0 radical (unpaired) electrons. The molecule has 0 saturated heterocycles. The van der Waals surface area contributed by atoms with Crippen LogP contribution in [0.15, 0.2) is 12.1 Å². The summed E-state index contributed by atoms with van der Waals surface area (Å²) in [6.07, 6.45) is 12.7. The zero-order valence-electron chi connectivity index (χ0n) is 37.4. The van der Waals surface area contributed by atoms with Crippen LogP contribution < -0.4 is 0 Å². The Bertz CT molecular complexity index is 1030. The predicted octanol–water partition coefficient (Wildman–Crippen LogP) is 16.3. The third kappa shape index (κ3) is 13.5. The van der Waals surface area contributed by atoms with E-state index in [-0.39, 0.29) is 15.7 Å². The van der Waals surface area contributed by atoms with Gasteiger partial charge in [0.1, 0.15) is 0 Å². The lowest BCUT2D eigenvalue weighted by atomic mass is 9.58. The van der Waals surface area contributed by atoms with Crippen LogP contribution in [0.4, 0.5) is 0 Å². The Morgan fingerprint density at radius 2 is 0.898 bits per heavy atom. The van der Waals surface area contributed by atoms with Gasteiger partial charge in [-0.2, -0.15) is 0 Å². The molecular formula is C48H89Cl. The average Bonchev–Trinajstić information content (AvgIpc) is 2.89. The monoisotopic (exact) mass is 701 g/mol. The molecule has 0 nitrogen and oxygen atoms in total. The fraction of sp³-hybridized carbons (Fsp3) is 0.875. The van der Waals surface area contributed by atoms with E-state index in [9.17, 15) is 0 Å². The van der Waals surface area contributed by atoms with Gasteiger partial charge in [-0.1, -0.05) is 151 Å². The van der Waals surface area contributed by atoms with Crippen LogP contribution in [0.3, 0.4) is 0 Å². The van der Waals surface area contributed by atoms with Crippen LogP contribution in [0.25, 0.3) is 0 Å². The SMILES string of the molecule is CC.CC.Cc1c(C(C)(C)C)cc(CCC(Cl)(C(C)CC2CC(C)(C)CC(C)(C)C2)C(C)CC2CC(C)(C)CC(C)(C)C2)cc1C(C)(C)C. The molecule has 1 aromatic carbocycles. The summed E-state index contributed by atoms with van der Waals surface area (Å²) in [4.78, 5) is -0.202. The summed E-state index contributed by atoms with van der Waals surface area (Å²) >= 11 is 8.20. The maximum absolute atomic E-state index is 8.20. The van der Waals surface area contributed by atoms with Crippen LogP contribution in [0.5, 0.6) is 0 Å². The first-order valence-corrected chi connectivity index (χ1v) is 21.3. The van der Waals surface area contributed by atoms with Crippen molar-refractivity contribution in [2.45, 2.75) is 225 Å². The summed E-state index contributed by atoms with van der Waals surface area (Å²) in [5.41, 5.74) is 7.89. The van der Waals surface area contributed by atoms with Crippen LogP contribution in [-0.4, -0.2) is 4.87 Å². The molecular weight excluding hydrogens is 612 g/mol. The second kappa shape index (κ2) is 17.1. The summed E-state index contributed by atoms with van der Waals surface area (Å²) in [5, 5.41) is 0. The zero-order chi connectivity index (χ0) is 38.6. The molecule has 0 aliphatic heterocycles. The molecule has 49 heavy (non-hydrogen) atoms. The quantitative estimate of drug-likeness (QED) is 0.225. The lowest BCUT2D eigenvalue weighted by Crippen LogP contribution is -2.43. The van der Waals surface area contributed by atoms with Gasteiger partial charge >= 0.3 is 0 Å². The highest BCUT2D eigenvalue weighted by molar-refractivity contribution is 6.24. The molecule has 0 bridgehead atoms. The van der Waals surface area contributed by atoms with Crippen molar-refractivity contribution in [3.8, 4) is 0 Å². The average molecular weight is 702 g/mol. The Hall–Kier alpha value is -0.490. The van der Waals surface area contributed by atoms with Crippen LogP contribution >= 0.6 is 11.6 Å². The second-order valence-corrected chi connectivity index (χ2v) is 22.8. The van der Waals surface area contributed by atoms with Crippen molar-refractivity contribution in [1.29, 1.82) is 0 Å². The maximum atomic E-state index is 8.20. The van der Waals surface area contributed by atoms with Crippen molar-refractivity contribution in [2.24, 2.45) is 45.3 Å². The number of alkyl halides is 1. The van der Waals surface area contributed by atoms with Crippen LogP contribution in [0.1, 0.15) is 219 Å². The van der Waals surface area contributed by atoms with Gasteiger partial charge in [-0.15, -0.1) is 11.6 Å². The molecule has 288 valence electrons. The van der Waals surface area contributed by atoms with E-state index in [1.54, 1.807) is 0 Å². The Balaban J connectivity index is 0.00000289. The van der Waals surface area contributed by atoms with Gasteiger partial charge in [-0.3, -0.25) is 0 Å². The summed E-state index contributed by atoms with van der Waals surface area (Å²) in [7, 11) is 0. The van der Waals surface area contributed by atoms with Crippen molar-refractivity contribution >= 4 is 11.6 Å². The first-order chi connectivity index (χ1) is 22.0. The Kier molecular flexibility index (Phi) is 16.2. The first-order valence-electron chi connectivity index (χ1n) is 20.9. The van der Waals surface area contributed by atoms with Gasteiger partial charge in [0.05, 0.1) is 4.87 Å². The Labute approximate surface area is 315 Å². The molecule has 3 rings (SSSR count). The van der Waals surface area contributed by atoms with Gasteiger partial charge in [-0.25, -0.2) is 0 Å². The summed E-state index contributed by atoms with van der Waals surface area (Å²) in [6, 6.07) is 5.07. The summed E-state index contributed by atoms with van der Waals surface area (Å²) < 4.78 is 0. The molecule has 1 heteroatoms. The fourth-order valence-electron chi connectivity index (χ4n) is 11.7. The third-order valence-corrected chi connectivity index (χ3v) is 13.1. The van der Waals surface area contributed by atoms with E-state index in [2.05, 4.69) is 130 Å². The van der Waals surface area contributed by atoms with Crippen molar-refractivity contribution < 1.29 is 0 Å². The molecule has 0 spiro atoms. The van der Waals surface area contributed by atoms with Crippen molar-refractivity contribution in [1.82, 2.24) is 0 Å². The van der Waals surface area contributed by atoms with Gasteiger partial charge in [0, 0.05) is 0 Å². The number of aryl methyl sites for hydroxylation is 1. The molecule has 2 atom stereocenters. The molecule has 2 aliphatic rings. The molecule has 0 amide bonds. The number of benzene rings is 1. The Morgan fingerprint density at radius 1 is 0.612 bits per heavy atom. The summed E-state index contributed by atoms with van der Waals surface area (Å²) in [6.45, 7) is 49.7. The van der Waals surface area contributed by atoms with Crippen LogP contribution in [0.2, 0.25) is 0 Å². The fourth-order valence-corrected chi connectivity index (χ4v) is 11.9.